The Hall–Kier alpha value is -1.76. The predicted molar refractivity (Wildman–Crippen MR) is 134 cm³/mol. The van der Waals surface area contributed by atoms with E-state index in [2.05, 4.69) is 79.3 Å². The molecule has 0 radical (unpaired) electrons. The van der Waals surface area contributed by atoms with E-state index in [1.807, 2.05) is 29.2 Å². The van der Waals surface area contributed by atoms with E-state index in [1.54, 1.807) is 0 Å². The van der Waals surface area contributed by atoms with Crippen molar-refractivity contribution < 1.29 is 0 Å². The lowest BCUT2D eigenvalue weighted by molar-refractivity contribution is 0.380. The molecule has 0 atom stereocenters. The Morgan fingerprint density at radius 1 is 0.929 bits per heavy atom. The van der Waals surface area contributed by atoms with Crippen LogP contribution < -0.4 is 22.1 Å². The molecule has 0 aliphatic carbocycles. The largest absolute Gasteiger partial charge is 0.370 e. The third kappa shape index (κ3) is 7.70. The van der Waals surface area contributed by atoms with Gasteiger partial charge >= 0.3 is 0 Å². The van der Waals surface area contributed by atoms with Crippen LogP contribution in [-0.2, 0) is 6.54 Å². The SMILES string of the molecule is N=C(N)N1CCN(c2ccc([123I])cc2)CC1.NC(N)=NCc1cccc([123I])c1. The fourth-order valence-electron chi connectivity index (χ4n) is 2.68. The summed E-state index contributed by atoms with van der Waals surface area (Å²) in [5.74, 6) is 0.316. The molecule has 1 heterocycles. The quantitative estimate of drug-likeness (QED) is 0.246. The first kappa shape index (κ1) is 22.5. The van der Waals surface area contributed by atoms with Crippen LogP contribution in [0.15, 0.2) is 53.5 Å². The van der Waals surface area contributed by atoms with E-state index in [0.717, 1.165) is 31.7 Å². The first-order chi connectivity index (χ1) is 13.3. The summed E-state index contributed by atoms with van der Waals surface area (Å²) in [7, 11) is 0. The Bertz CT molecular complexity index is 796. The number of guanidine groups is 2. The highest BCUT2D eigenvalue weighted by molar-refractivity contribution is 14.1. The maximum absolute atomic E-state index is 7.37. The number of piperazine rings is 1. The Morgan fingerprint density at radius 2 is 1.57 bits per heavy atom. The van der Waals surface area contributed by atoms with Gasteiger partial charge in [-0.3, -0.25) is 5.41 Å². The summed E-state index contributed by atoms with van der Waals surface area (Å²) in [6, 6.07) is 16.6. The summed E-state index contributed by atoms with van der Waals surface area (Å²) in [6.07, 6.45) is 0. The van der Waals surface area contributed by atoms with E-state index in [9.17, 15) is 0 Å². The van der Waals surface area contributed by atoms with E-state index >= 15 is 0 Å². The zero-order valence-corrected chi connectivity index (χ0v) is 19.8. The van der Waals surface area contributed by atoms with E-state index in [-0.39, 0.29) is 11.9 Å². The topological polar surface area (TPSA) is 121 Å². The van der Waals surface area contributed by atoms with Crippen molar-refractivity contribution in [1.29, 1.82) is 5.41 Å². The van der Waals surface area contributed by atoms with Crippen LogP contribution in [0.1, 0.15) is 5.56 Å². The average molecular weight is 597 g/mol. The maximum Gasteiger partial charge on any atom is 0.188 e. The molecule has 2 aromatic rings. The molecule has 1 saturated heterocycles. The van der Waals surface area contributed by atoms with Gasteiger partial charge in [0.25, 0.3) is 0 Å². The number of rotatable bonds is 3. The van der Waals surface area contributed by atoms with Gasteiger partial charge in [0.2, 0.25) is 0 Å². The summed E-state index contributed by atoms with van der Waals surface area (Å²) in [4.78, 5) is 8.14. The minimum absolute atomic E-state index is 0.133. The number of nitrogens with two attached hydrogens (primary N) is 3. The van der Waals surface area contributed by atoms with Gasteiger partial charge in [-0.25, -0.2) is 4.99 Å². The summed E-state index contributed by atoms with van der Waals surface area (Å²) in [5.41, 5.74) is 18.2. The maximum atomic E-state index is 7.37. The third-order valence-corrected chi connectivity index (χ3v) is 5.54. The molecule has 9 heteroatoms. The van der Waals surface area contributed by atoms with Gasteiger partial charge in [0.05, 0.1) is 6.54 Å². The minimum atomic E-state index is 0.133. The number of nitrogens with zero attached hydrogens (tertiary/aromatic N) is 3. The Balaban J connectivity index is 0.000000209. The molecule has 1 fully saturated rings. The molecule has 0 amide bonds. The average Bonchev–Trinajstić information content (AvgIpc) is 2.68. The van der Waals surface area contributed by atoms with Gasteiger partial charge in [-0.2, -0.15) is 0 Å². The number of hydrogen-bond acceptors (Lipinski definition) is 3. The lowest BCUT2D eigenvalue weighted by atomic mass is 10.2. The standard InChI is InChI=1S/C11H15IN4.C8H10IN3/c12-9-1-3-10(4-2-9)15-5-7-16(8-6-15)11(13)14;9-7-3-1-2-6(4-7)5-12-8(10)11/h1-4H,5-8H2,(H3,13,14);1-4H,5H2,(H4,10,11,12)/i12-4;9-4. The summed E-state index contributed by atoms with van der Waals surface area (Å²) in [6.45, 7) is 4.09. The normalized spacial score (nSPS) is 13.4. The van der Waals surface area contributed by atoms with Crippen molar-refractivity contribution in [1.82, 2.24) is 4.90 Å². The zero-order valence-electron chi connectivity index (χ0n) is 15.5. The molecular formula is C19H25I2N7. The summed E-state index contributed by atoms with van der Waals surface area (Å²) < 4.78 is 2.44. The molecule has 0 spiro atoms. The second kappa shape index (κ2) is 11.3. The van der Waals surface area contributed by atoms with Gasteiger partial charge in [-0.1, -0.05) is 12.1 Å². The second-order valence-corrected chi connectivity index (χ2v) is 8.70. The minimum Gasteiger partial charge on any atom is -0.370 e. The molecule has 150 valence electrons. The molecule has 2 aromatic carbocycles. The molecular weight excluding hydrogens is 572 g/mol. The van der Waals surface area contributed by atoms with Crippen LogP contribution >= 0.6 is 45.2 Å². The fourth-order valence-corrected chi connectivity index (χ4v) is 3.64. The second-order valence-electron chi connectivity index (χ2n) is 6.21. The van der Waals surface area contributed by atoms with Gasteiger partial charge < -0.3 is 27.0 Å². The van der Waals surface area contributed by atoms with Crippen LogP contribution in [0.2, 0.25) is 0 Å². The fraction of sp³-hybridized carbons (Fsp3) is 0.263. The van der Waals surface area contributed by atoms with Crippen molar-refractivity contribution >= 4 is 62.8 Å². The van der Waals surface area contributed by atoms with Crippen molar-refractivity contribution in [3.63, 3.8) is 0 Å². The predicted octanol–water partition coefficient (Wildman–Crippen LogP) is 2.37. The van der Waals surface area contributed by atoms with Gasteiger partial charge in [0.1, 0.15) is 0 Å². The van der Waals surface area contributed by atoms with Crippen LogP contribution in [0.3, 0.4) is 0 Å². The van der Waals surface area contributed by atoms with Crippen LogP contribution in [0.25, 0.3) is 0 Å². The van der Waals surface area contributed by atoms with Crippen LogP contribution in [-0.4, -0.2) is 43.0 Å². The number of anilines is 1. The number of nitrogens with one attached hydrogen (secondary N) is 1. The first-order valence-corrected chi connectivity index (χ1v) is 10.9. The highest BCUT2D eigenvalue weighted by atomic mass is 123. The summed E-state index contributed by atoms with van der Waals surface area (Å²) in [5, 5.41) is 7.37. The number of halogens is 2. The molecule has 0 aromatic heterocycles. The molecule has 0 saturated carbocycles. The molecule has 3 rings (SSSR count). The van der Waals surface area contributed by atoms with Crippen LogP contribution in [0, 0.1) is 12.5 Å². The van der Waals surface area contributed by atoms with Gasteiger partial charge in [0, 0.05) is 39.0 Å². The van der Waals surface area contributed by atoms with E-state index in [1.165, 1.54) is 12.8 Å². The molecule has 0 bridgehead atoms. The Labute approximate surface area is 193 Å². The van der Waals surface area contributed by atoms with E-state index < -0.39 is 0 Å². The lowest BCUT2D eigenvalue weighted by Gasteiger charge is -2.36. The Morgan fingerprint density at radius 3 is 2.11 bits per heavy atom. The van der Waals surface area contributed by atoms with Crippen molar-refractivity contribution in [2.45, 2.75) is 6.54 Å². The Kier molecular flexibility index (Phi) is 9.09. The molecule has 7 nitrogen and oxygen atoms in total. The van der Waals surface area contributed by atoms with Crippen LogP contribution in [0.4, 0.5) is 5.69 Å². The monoisotopic (exact) mass is 597 g/mol. The van der Waals surface area contributed by atoms with Crippen LogP contribution in [0.5, 0.6) is 0 Å². The van der Waals surface area contributed by atoms with Crippen molar-refractivity contribution in [3.8, 4) is 0 Å². The van der Waals surface area contributed by atoms with Gasteiger partial charge in [0.15, 0.2) is 11.9 Å². The zero-order chi connectivity index (χ0) is 20.5. The number of benzene rings is 2. The highest BCUT2D eigenvalue weighted by Crippen LogP contribution is 2.17. The van der Waals surface area contributed by atoms with Gasteiger partial charge in [-0.15, -0.1) is 0 Å². The molecule has 1 aliphatic heterocycles. The number of hydrogen-bond donors (Lipinski definition) is 4. The number of aliphatic imine (C=N–C) groups is 1. The van der Waals surface area contributed by atoms with Crippen molar-refractivity contribution in [3.05, 3.63) is 61.2 Å². The lowest BCUT2D eigenvalue weighted by Crippen LogP contribution is -2.50. The van der Waals surface area contributed by atoms with Crippen molar-refractivity contribution in [2.24, 2.45) is 22.2 Å². The summed E-state index contributed by atoms with van der Waals surface area (Å²) >= 11 is 4.56. The third-order valence-electron chi connectivity index (χ3n) is 4.15. The molecule has 7 N–H and O–H groups in total. The highest BCUT2D eigenvalue weighted by Gasteiger charge is 2.17. The first-order valence-electron chi connectivity index (χ1n) is 8.74. The molecule has 0 unspecified atom stereocenters. The molecule has 28 heavy (non-hydrogen) atoms. The molecule has 1 aliphatic rings. The van der Waals surface area contributed by atoms with E-state index in [4.69, 9.17) is 22.6 Å². The smallest absolute Gasteiger partial charge is 0.188 e. The van der Waals surface area contributed by atoms with E-state index in [0.29, 0.717) is 6.54 Å². The van der Waals surface area contributed by atoms with Gasteiger partial charge in [-0.05, 0) is 87.1 Å². The van der Waals surface area contributed by atoms with Crippen molar-refractivity contribution in [2.75, 3.05) is 31.1 Å².